The summed E-state index contributed by atoms with van der Waals surface area (Å²) in [6.45, 7) is 2.94. The molecule has 0 fully saturated rings. The Hall–Kier alpha value is -2.08. The number of aryl methyl sites for hydroxylation is 1. The van der Waals surface area contributed by atoms with Gasteiger partial charge in [-0.2, -0.15) is 0 Å². The Morgan fingerprint density at radius 1 is 1.24 bits per heavy atom. The standard InChI is InChI=1S/C15H22N2O4/c1-11-4-5-13(16)12(10-11)15(19)17(8-9-20-2)7-6-14(18)21-3/h4-5,10H,6-9,16H2,1-3H3. The number of methoxy groups -OCH3 is 2. The highest BCUT2D eigenvalue weighted by Gasteiger charge is 2.19. The fourth-order valence-corrected chi connectivity index (χ4v) is 1.87. The molecule has 6 nitrogen and oxygen atoms in total. The van der Waals surface area contributed by atoms with Crippen LogP contribution in [-0.4, -0.2) is 50.7 Å². The van der Waals surface area contributed by atoms with Gasteiger partial charge in [0.25, 0.3) is 5.91 Å². The van der Waals surface area contributed by atoms with E-state index in [9.17, 15) is 9.59 Å². The SMILES string of the molecule is COCCN(CCC(=O)OC)C(=O)c1cc(C)ccc1N. The van der Waals surface area contributed by atoms with Gasteiger partial charge in [-0.15, -0.1) is 0 Å². The highest BCUT2D eigenvalue weighted by molar-refractivity contribution is 5.99. The van der Waals surface area contributed by atoms with E-state index in [1.165, 1.54) is 7.11 Å². The zero-order valence-electron chi connectivity index (χ0n) is 12.7. The average molecular weight is 294 g/mol. The number of rotatable bonds is 7. The van der Waals surface area contributed by atoms with Crippen molar-refractivity contribution in [3.05, 3.63) is 29.3 Å². The van der Waals surface area contributed by atoms with Gasteiger partial charge in [0.15, 0.2) is 0 Å². The average Bonchev–Trinajstić information content (AvgIpc) is 2.48. The number of anilines is 1. The molecule has 0 aliphatic rings. The largest absolute Gasteiger partial charge is 0.469 e. The summed E-state index contributed by atoms with van der Waals surface area (Å²) < 4.78 is 9.60. The van der Waals surface area contributed by atoms with Crippen LogP contribution in [0.25, 0.3) is 0 Å². The molecule has 0 unspecified atom stereocenters. The van der Waals surface area contributed by atoms with Gasteiger partial charge < -0.3 is 20.1 Å². The third-order valence-electron chi connectivity index (χ3n) is 3.11. The first-order chi connectivity index (χ1) is 9.99. The summed E-state index contributed by atoms with van der Waals surface area (Å²) in [4.78, 5) is 25.4. The molecule has 1 amide bonds. The van der Waals surface area contributed by atoms with E-state index in [0.29, 0.717) is 24.4 Å². The summed E-state index contributed by atoms with van der Waals surface area (Å²) in [6.07, 6.45) is 0.137. The van der Waals surface area contributed by atoms with Crippen molar-refractivity contribution in [2.75, 3.05) is 39.6 Å². The Morgan fingerprint density at radius 2 is 1.95 bits per heavy atom. The zero-order chi connectivity index (χ0) is 15.8. The lowest BCUT2D eigenvalue weighted by Crippen LogP contribution is -2.36. The van der Waals surface area contributed by atoms with Crippen LogP contribution < -0.4 is 5.73 Å². The van der Waals surface area contributed by atoms with Crippen LogP contribution in [0.15, 0.2) is 18.2 Å². The van der Waals surface area contributed by atoms with E-state index in [0.717, 1.165) is 5.56 Å². The van der Waals surface area contributed by atoms with Crippen LogP contribution in [-0.2, 0) is 14.3 Å². The minimum Gasteiger partial charge on any atom is -0.469 e. The first-order valence-corrected chi connectivity index (χ1v) is 6.70. The Bertz CT molecular complexity index is 502. The number of carbonyl (C=O) groups excluding carboxylic acids is 2. The molecule has 0 bridgehead atoms. The predicted molar refractivity (Wildman–Crippen MR) is 80.0 cm³/mol. The van der Waals surface area contributed by atoms with Crippen molar-refractivity contribution in [1.82, 2.24) is 4.90 Å². The monoisotopic (exact) mass is 294 g/mol. The second-order valence-corrected chi connectivity index (χ2v) is 4.70. The molecule has 0 aromatic heterocycles. The Morgan fingerprint density at radius 3 is 2.57 bits per heavy atom. The molecule has 1 rings (SSSR count). The van der Waals surface area contributed by atoms with Gasteiger partial charge >= 0.3 is 5.97 Å². The number of nitrogen functional groups attached to an aromatic ring is 1. The van der Waals surface area contributed by atoms with E-state index in [4.69, 9.17) is 10.5 Å². The van der Waals surface area contributed by atoms with E-state index < -0.39 is 0 Å². The summed E-state index contributed by atoms with van der Waals surface area (Å²) >= 11 is 0. The second kappa shape index (κ2) is 8.26. The van der Waals surface area contributed by atoms with Crippen molar-refractivity contribution in [3.8, 4) is 0 Å². The highest BCUT2D eigenvalue weighted by Crippen LogP contribution is 2.16. The first kappa shape index (κ1) is 17.0. The smallest absolute Gasteiger partial charge is 0.307 e. The summed E-state index contributed by atoms with van der Waals surface area (Å²) in [7, 11) is 2.88. The van der Waals surface area contributed by atoms with Gasteiger partial charge in [-0.05, 0) is 19.1 Å². The van der Waals surface area contributed by atoms with Crippen molar-refractivity contribution in [2.24, 2.45) is 0 Å². The molecule has 116 valence electrons. The topological polar surface area (TPSA) is 81.9 Å². The van der Waals surface area contributed by atoms with Crippen molar-refractivity contribution in [3.63, 3.8) is 0 Å². The van der Waals surface area contributed by atoms with Gasteiger partial charge in [-0.1, -0.05) is 11.6 Å². The van der Waals surface area contributed by atoms with E-state index in [1.807, 2.05) is 13.0 Å². The Balaban J connectivity index is 2.87. The van der Waals surface area contributed by atoms with Gasteiger partial charge in [0.1, 0.15) is 0 Å². The Labute approximate surface area is 124 Å². The normalized spacial score (nSPS) is 10.2. The van der Waals surface area contributed by atoms with Gasteiger partial charge in [0.2, 0.25) is 0 Å². The van der Waals surface area contributed by atoms with Crippen LogP contribution in [0.4, 0.5) is 5.69 Å². The molecule has 2 N–H and O–H groups in total. The lowest BCUT2D eigenvalue weighted by atomic mass is 10.1. The minimum atomic E-state index is -0.359. The molecule has 1 aromatic rings. The quantitative estimate of drug-likeness (QED) is 0.604. The molecule has 0 atom stereocenters. The molecule has 0 saturated carbocycles. The maximum absolute atomic E-state index is 12.6. The third kappa shape index (κ3) is 5.07. The third-order valence-corrected chi connectivity index (χ3v) is 3.11. The fraction of sp³-hybridized carbons (Fsp3) is 0.467. The van der Waals surface area contributed by atoms with E-state index >= 15 is 0 Å². The Kier molecular flexibility index (Phi) is 6.68. The lowest BCUT2D eigenvalue weighted by Gasteiger charge is -2.23. The van der Waals surface area contributed by atoms with Crippen LogP contribution in [0.5, 0.6) is 0 Å². The molecule has 0 heterocycles. The number of hydrogen-bond acceptors (Lipinski definition) is 5. The van der Waals surface area contributed by atoms with Gasteiger partial charge in [-0.25, -0.2) is 0 Å². The van der Waals surface area contributed by atoms with Crippen LogP contribution >= 0.6 is 0 Å². The first-order valence-electron chi connectivity index (χ1n) is 6.70. The van der Waals surface area contributed by atoms with Crippen LogP contribution in [0.3, 0.4) is 0 Å². The number of nitrogens with two attached hydrogens (primary N) is 1. The number of nitrogens with zero attached hydrogens (tertiary/aromatic N) is 1. The molecule has 0 saturated heterocycles. The number of benzene rings is 1. The molecule has 21 heavy (non-hydrogen) atoms. The summed E-state index contributed by atoms with van der Waals surface area (Å²) in [5, 5.41) is 0. The van der Waals surface area contributed by atoms with Crippen molar-refractivity contribution >= 4 is 17.6 Å². The van der Waals surface area contributed by atoms with Gasteiger partial charge in [0, 0.05) is 25.9 Å². The molecule has 6 heteroatoms. The molecular formula is C15H22N2O4. The predicted octanol–water partition coefficient (Wildman–Crippen LogP) is 1.23. The van der Waals surface area contributed by atoms with Crippen LogP contribution in [0, 0.1) is 6.92 Å². The van der Waals surface area contributed by atoms with E-state index in [-0.39, 0.29) is 24.8 Å². The van der Waals surface area contributed by atoms with Gasteiger partial charge in [0.05, 0.1) is 25.7 Å². The molecule has 0 aliphatic heterocycles. The van der Waals surface area contributed by atoms with Crippen molar-refractivity contribution < 1.29 is 19.1 Å². The lowest BCUT2D eigenvalue weighted by molar-refractivity contribution is -0.140. The number of esters is 1. The second-order valence-electron chi connectivity index (χ2n) is 4.70. The summed E-state index contributed by atoms with van der Waals surface area (Å²) in [5.74, 6) is -0.570. The van der Waals surface area contributed by atoms with Crippen molar-refractivity contribution in [1.29, 1.82) is 0 Å². The summed E-state index contributed by atoms with van der Waals surface area (Å²) in [5.41, 5.74) is 7.68. The van der Waals surface area contributed by atoms with Crippen molar-refractivity contribution in [2.45, 2.75) is 13.3 Å². The van der Waals surface area contributed by atoms with Crippen LogP contribution in [0.2, 0.25) is 0 Å². The maximum atomic E-state index is 12.6. The summed E-state index contributed by atoms with van der Waals surface area (Å²) in [6, 6.07) is 5.30. The number of ether oxygens (including phenoxy) is 2. The molecule has 0 radical (unpaired) electrons. The highest BCUT2D eigenvalue weighted by atomic mass is 16.5. The molecule has 0 spiro atoms. The van der Waals surface area contributed by atoms with E-state index in [2.05, 4.69) is 4.74 Å². The fourth-order valence-electron chi connectivity index (χ4n) is 1.87. The number of amides is 1. The molecule has 1 aromatic carbocycles. The molecule has 0 aliphatic carbocycles. The number of carbonyl (C=O) groups is 2. The van der Waals surface area contributed by atoms with Gasteiger partial charge in [-0.3, -0.25) is 9.59 Å². The number of hydrogen-bond donors (Lipinski definition) is 1. The molecular weight excluding hydrogens is 272 g/mol. The zero-order valence-corrected chi connectivity index (χ0v) is 12.7. The van der Waals surface area contributed by atoms with E-state index in [1.54, 1.807) is 24.1 Å². The minimum absolute atomic E-state index is 0.137. The maximum Gasteiger partial charge on any atom is 0.307 e. The van der Waals surface area contributed by atoms with Crippen LogP contribution in [0.1, 0.15) is 22.3 Å².